The summed E-state index contributed by atoms with van der Waals surface area (Å²) in [6.45, 7) is 9.17. The lowest BCUT2D eigenvalue weighted by Crippen LogP contribution is -2.45. The van der Waals surface area contributed by atoms with Gasteiger partial charge in [-0.25, -0.2) is 4.90 Å². The Morgan fingerprint density at radius 2 is 1.53 bits per heavy atom. The van der Waals surface area contributed by atoms with Crippen LogP contribution in [0.5, 0.6) is 5.75 Å². The highest BCUT2D eigenvalue weighted by molar-refractivity contribution is 6.41. The SMILES string of the molecule is CCOc1ccccc1N1C(=O)C(=CN2CCN(CC)CC2)c2ccccc2C1=O. The van der Waals surface area contributed by atoms with Crippen LogP contribution in [0.3, 0.4) is 0 Å². The summed E-state index contributed by atoms with van der Waals surface area (Å²) in [6, 6.07) is 14.5. The van der Waals surface area contributed by atoms with Crippen LogP contribution in [-0.2, 0) is 4.79 Å². The first-order valence-electron chi connectivity index (χ1n) is 10.5. The molecule has 0 radical (unpaired) electrons. The summed E-state index contributed by atoms with van der Waals surface area (Å²) in [4.78, 5) is 32.7. The highest BCUT2D eigenvalue weighted by Gasteiger charge is 2.37. The zero-order valence-electron chi connectivity index (χ0n) is 17.5. The number of likely N-dealkylation sites (N-methyl/N-ethyl adjacent to an activating group) is 1. The number of para-hydroxylation sites is 2. The van der Waals surface area contributed by atoms with E-state index in [0.717, 1.165) is 32.7 Å². The molecule has 4 rings (SSSR count). The Hall–Kier alpha value is -3.12. The van der Waals surface area contributed by atoms with Gasteiger partial charge in [0.1, 0.15) is 5.75 Å². The predicted molar refractivity (Wildman–Crippen MR) is 118 cm³/mol. The first kappa shape index (κ1) is 20.2. The van der Waals surface area contributed by atoms with Crippen molar-refractivity contribution >= 4 is 23.1 Å². The molecule has 2 heterocycles. The summed E-state index contributed by atoms with van der Waals surface area (Å²) in [5.41, 5.74) is 2.24. The van der Waals surface area contributed by atoms with Crippen molar-refractivity contribution in [1.29, 1.82) is 0 Å². The molecule has 6 nitrogen and oxygen atoms in total. The molecule has 6 heteroatoms. The molecule has 0 aromatic heterocycles. The van der Waals surface area contributed by atoms with Crippen LogP contribution in [0.4, 0.5) is 5.69 Å². The number of hydrogen-bond acceptors (Lipinski definition) is 5. The second-order valence-electron chi connectivity index (χ2n) is 7.41. The summed E-state index contributed by atoms with van der Waals surface area (Å²) in [5.74, 6) is -0.114. The third kappa shape index (κ3) is 3.71. The van der Waals surface area contributed by atoms with E-state index >= 15 is 0 Å². The summed E-state index contributed by atoms with van der Waals surface area (Å²) in [6.07, 6.45) is 1.93. The highest BCUT2D eigenvalue weighted by Crippen LogP contribution is 2.36. The van der Waals surface area contributed by atoms with Crippen molar-refractivity contribution in [3.05, 3.63) is 65.9 Å². The minimum atomic E-state index is -0.323. The minimum Gasteiger partial charge on any atom is -0.492 e. The van der Waals surface area contributed by atoms with E-state index in [-0.39, 0.29) is 11.8 Å². The topological polar surface area (TPSA) is 53.1 Å². The van der Waals surface area contributed by atoms with Crippen molar-refractivity contribution in [2.24, 2.45) is 0 Å². The normalized spacial score (nSPS) is 18.7. The molecule has 0 N–H and O–H groups in total. The van der Waals surface area contributed by atoms with Crippen molar-refractivity contribution in [2.75, 3.05) is 44.2 Å². The summed E-state index contributed by atoms with van der Waals surface area (Å²) in [5, 5.41) is 0. The molecule has 1 fully saturated rings. The van der Waals surface area contributed by atoms with E-state index in [2.05, 4.69) is 16.7 Å². The molecule has 0 atom stereocenters. The van der Waals surface area contributed by atoms with Crippen LogP contribution in [0.25, 0.3) is 5.57 Å². The molecular weight excluding hydrogens is 378 g/mol. The highest BCUT2D eigenvalue weighted by atomic mass is 16.5. The van der Waals surface area contributed by atoms with E-state index in [1.807, 2.05) is 43.5 Å². The number of imide groups is 1. The fraction of sp³-hybridized carbons (Fsp3) is 0.333. The Bertz CT molecular complexity index is 977. The smallest absolute Gasteiger partial charge is 0.267 e. The molecule has 0 aliphatic carbocycles. The van der Waals surface area contributed by atoms with Gasteiger partial charge in [0, 0.05) is 43.5 Å². The van der Waals surface area contributed by atoms with Crippen LogP contribution in [0.2, 0.25) is 0 Å². The van der Waals surface area contributed by atoms with E-state index in [1.165, 1.54) is 4.90 Å². The molecule has 1 saturated heterocycles. The largest absolute Gasteiger partial charge is 0.492 e. The monoisotopic (exact) mass is 405 g/mol. The van der Waals surface area contributed by atoms with Gasteiger partial charge < -0.3 is 14.5 Å². The maximum atomic E-state index is 13.6. The molecule has 2 aliphatic rings. The van der Waals surface area contributed by atoms with Crippen LogP contribution < -0.4 is 9.64 Å². The van der Waals surface area contributed by atoms with Gasteiger partial charge in [-0.3, -0.25) is 9.59 Å². The van der Waals surface area contributed by atoms with Crippen LogP contribution in [0.1, 0.15) is 29.8 Å². The van der Waals surface area contributed by atoms with Gasteiger partial charge in [-0.05, 0) is 31.7 Å². The third-order valence-electron chi connectivity index (χ3n) is 5.66. The van der Waals surface area contributed by atoms with Gasteiger partial charge in [0.2, 0.25) is 0 Å². The number of piperazine rings is 1. The molecular formula is C24H27N3O3. The molecule has 0 unspecified atom stereocenters. The van der Waals surface area contributed by atoms with Crippen molar-refractivity contribution in [3.63, 3.8) is 0 Å². The fourth-order valence-electron chi connectivity index (χ4n) is 4.01. The standard InChI is InChI=1S/C24H27N3O3/c1-3-25-13-15-26(16-14-25)17-20-18-9-5-6-10-19(18)23(28)27(24(20)29)21-11-7-8-12-22(21)30-4-2/h5-12,17H,3-4,13-16H2,1-2H3. The Morgan fingerprint density at radius 1 is 0.867 bits per heavy atom. The number of fused-ring (bicyclic) bond motifs is 1. The zero-order chi connectivity index (χ0) is 21.1. The van der Waals surface area contributed by atoms with E-state index < -0.39 is 0 Å². The van der Waals surface area contributed by atoms with Crippen molar-refractivity contribution < 1.29 is 14.3 Å². The van der Waals surface area contributed by atoms with Gasteiger partial charge in [0.15, 0.2) is 0 Å². The Morgan fingerprint density at radius 3 is 2.23 bits per heavy atom. The lowest BCUT2D eigenvalue weighted by atomic mass is 9.93. The Balaban J connectivity index is 1.76. The molecule has 0 saturated carbocycles. The van der Waals surface area contributed by atoms with Gasteiger partial charge in [-0.2, -0.15) is 0 Å². The maximum Gasteiger partial charge on any atom is 0.267 e. The number of amides is 2. The number of benzene rings is 2. The van der Waals surface area contributed by atoms with Crippen LogP contribution in [0, 0.1) is 0 Å². The van der Waals surface area contributed by atoms with Gasteiger partial charge in [0.25, 0.3) is 11.8 Å². The maximum absolute atomic E-state index is 13.6. The van der Waals surface area contributed by atoms with Crippen molar-refractivity contribution in [1.82, 2.24) is 9.80 Å². The summed E-state index contributed by atoms with van der Waals surface area (Å²) in [7, 11) is 0. The minimum absolute atomic E-state index is 0.316. The quantitative estimate of drug-likeness (QED) is 0.565. The second-order valence-corrected chi connectivity index (χ2v) is 7.41. The van der Waals surface area contributed by atoms with Crippen LogP contribution >= 0.6 is 0 Å². The zero-order valence-corrected chi connectivity index (χ0v) is 17.5. The van der Waals surface area contributed by atoms with Crippen molar-refractivity contribution in [2.45, 2.75) is 13.8 Å². The van der Waals surface area contributed by atoms with Gasteiger partial charge in [0.05, 0.1) is 17.9 Å². The van der Waals surface area contributed by atoms with Gasteiger partial charge in [-0.1, -0.05) is 37.3 Å². The lowest BCUT2D eigenvalue weighted by molar-refractivity contribution is -0.112. The number of carbonyl (C=O) groups is 2. The van der Waals surface area contributed by atoms with E-state index in [0.29, 0.717) is 34.7 Å². The van der Waals surface area contributed by atoms with Gasteiger partial charge in [-0.15, -0.1) is 0 Å². The van der Waals surface area contributed by atoms with Crippen molar-refractivity contribution in [3.8, 4) is 5.75 Å². The molecule has 2 amide bonds. The van der Waals surface area contributed by atoms with E-state index in [9.17, 15) is 9.59 Å². The molecule has 30 heavy (non-hydrogen) atoms. The second kappa shape index (κ2) is 8.71. The first-order chi connectivity index (χ1) is 14.6. The molecule has 0 bridgehead atoms. The van der Waals surface area contributed by atoms with E-state index in [4.69, 9.17) is 4.74 Å². The first-order valence-corrected chi connectivity index (χ1v) is 10.5. The lowest BCUT2D eigenvalue weighted by Gasteiger charge is -2.35. The summed E-state index contributed by atoms with van der Waals surface area (Å²) < 4.78 is 5.70. The number of carbonyl (C=O) groups excluding carboxylic acids is 2. The van der Waals surface area contributed by atoms with Crippen LogP contribution in [-0.4, -0.2) is 60.9 Å². The number of rotatable bonds is 5. The molecule has 2 aromatic carbocycles. The molecule has 156 valence electrons. The Kier molecular flexibility index (Phi) is 5.86. The number of ether oxygens (including phenoxy) is 1. The third-order valence-corrected chi connectivity index (χ3v) is 5.66. The number of hydrogen-bond donors (Lipinski definition) is 0. The number of anilines is 1. The Labute approximate surface area is 177 Å². The van der Waals surface area contributed by atoms with Gasteiger partial charge >= 0.3 is 0 Å². The average Bonchev–Trinajstić information content (AvgIpc) is 2.78. The molecule has 2 aromatic rings. The average molecular weight is 405 g/mol. The number of nitrogens with zero attached hydrogens (tertiary/aromatic N) is 3. The summed E-state index contributed by atoms with van der Waals surface area (Å²) >= 11 is 0. The molecule has 0 spiro atoms. The van der Waals surface area contributed by atoms with E-state index in [1.54, 1.807) is 18.2 Å². The van der Waals surface area contributed by atoms with Crippen LogP contribution in [0.15, 0.2) is 54.7 Å². The molecule has 2 aliphatic heterocycles. The fourth-order valence-corrected chi connectivity index (χ4v) is 4.01. The predicted octanol–water partition coefficient (Wildman–Crippen LogP) is 3.25.